The minimum Gasteiger partial charge on any atom is -0.382 e. The summed E-state index contributed by atoms with van der Waals surface area (Å²) in [4.78, 5) is 20.6. The van der Waals surface area contributed by atoms with Gasteiger partial charge in [0.2, 0.25) is 0 Å². The predicted molar refractivity (Wildman–Crippen MR) is 67.5 cm³/mol. The van der Waals surface area contributed by atoms with Crippen molar-refractivity contribution in [1.29, 1.82) is 0 Å². The highest BCUT2D eigenvalue weighted by Crippen LogP contribution is 2.16. The van der Waals surface area contributed by atoms with Crippen molar-refractivity contribution in [2.75, 3.05) is 12.5 Å². The first-order valence-electron chi connectivity index (χ1n) is 5.46. The van der Waals surface area contributed by atoms with Crippen LogP contribution in [0.25, 0.3) is 11.2 Å². The van der Waals surface area contributed by atoms with Crippen LogP contribution in [-0.2, 0) is 20.4 Å². The van der Waals surface area contributed by atoms with Gasteiger partial charge in [0, 0.05) is 0 Å². The van der Waals surface area contributed by atoms with E-state index in [0.717, 1.165) is 0 Å². The second-order valence-electron chi connectivity index (χ2n) is 3.83. The summed E-state index contributed by atoms with van der Waals surface area (Å²) in [5, 5.41) is 0. The van der Waals surface area contributed by atoms with Crippen molar-refractivity contribution in [1.82, 2.24) is 19.5 Å². The Morgan fingerprint density at radius 3 is 3.05 bits per heavy atom. The molecule has 19 heavy (non-hydrogen) atoms. The molecule has 10 heteroatoms. The van der Waals surface area contributed by atoms with E-state index >= 15 is 0 Å². The number of anilines is 1. The molecule has 0 saturated carbocycles. The summed E-state index contributed by atoms with van der Waals surface area (Å²) in [6, 6.07) is 0. The van der Waals surface area contributed by atoms with Gasteiger partial charge in [0.05, 0.1) is 19.0 Å². The molecule has 2 rings (SSSR count). The smallest absolute Gasteiger partial charge is 0.318 e. The lowest BCUT2D eigenvalue weighted by Crippen LogP contribution is -2.17. The van der Waals surface area contributed by atoms with Gasteiger partial charge >= 0.3 is 8.25 Å². The molecule has 2 aromatic rings. The van der Waals surface area contributed by atoms with Crippen LogP contribution in [0.1, 0.15) is 6.92 Å². The van der Waals surface area contributed by atoms with E-state index in [1.807, 2.05) is 0 Å². The number of rotatable bonds is 6. The number of aromatic nitrogens is 4. The summed E-state index contributed by atoms with van der Waals surface area (Å²) in [6.45, 7) is 2.02. The SMILES string of the molecule is C[C@H](Cn1cnc2c(N)ncnc21)OCO[PH](=O)O. The first-order valence-corrected chi connectivity index (χ1v) is 6.73. The Balaban J connectivity index is 2.01. The van der Waals surface area contributed by atoms with Crippen molar-refractivity contribution in [3.8, 4) is 0 Å². The molecule has 0 aliphatic rings. The Labute approximate surface area is 109 Å². The normalized spacial score (nSPS) is 14.6. The van der Waals surface area contributed by atoms with Gasteiger partial charge in [-0.15, -0.1) is 0 Å². The second-order valence-corrected chi connectivity index (χ2v) is 4.65. The summed E-state index contributed by atoms with van der Waals surface area (Å²) in [7, 11) is -2.96. The number of imidazole rings is 1. The van der Waals surface area contributed by atoms with E-state index in [4.69, 9.17) is 15.4 Å². The van der Waals surface area contributed by atoms with Gasteiger partial charge in [-0.2, -0.15) is 0 Å². The molecule has 0 spiro atoms. The fourth-order valence-corrected chi connectivity index (χ4v) is 1.73. The number of hydrogen-bond acceptors (Lipinski definition) is 7. The van der Waals surface area contributed by atoms with E-state index in [0.29, 0.717) is 23.5 Å². The highest BCUT2D eigenvalue weighted by atomic mass is 31.1. The fraction of sp³-hybridized carbons (Fsp3) is 0.444. The number of ether oxygens (including phenoxy) is 1. The topological polar surface area (TPSA) is 125 Å². The number of fused-ring (bicyclic) bond motifs is 1. The molecule has 0 aromatic carbocycles. The Kier molecular flexibility index (Phi) is 4.43. The maximum atomic E-state index is 10.3. The van der Waals surface area contributed by atoms with Gasteiger partial charge in [-0.1, -0.05) is 0 Å². The van der Waals surface area contributed by atoms with Gasteiger partial charge in [-0.05, 0) is 6.92 Å². The Morgan fingerprint density at radius 1 is 1.53 bits per heavy atom. The highest BCUT2D eigenvalue weighted by Gasteiger charge is 2.11. The van der Waals surface area contributed by atoms with Crippen LogP contribution in [0.15, 0.2) is 12.7 Å². The Bertz CT molecular complexity index is 589. The molecule has 104 valence electrons. The highest BCUT2D eigenvalue weighted by molar-refractivity contribution is 7.32. The van der Waals surface area contributed by atoms with E-state index in [-0.39, 0.29) is 12.9 Å². The fourth-order valence-electron chi connectivity index (χ4n) is 1.56. The zero-order valence-electron chi connectivity index (χ0n) is 10.2. The van der Waals surface area contributed by atoms with Gasteiger partial charge in [0.1, 0.15) is 11.8 Å². The third kappa shape index (κ3) is 3.48. The monoisotopic (exact) mass is 287 g/mol. The first kappa shape index (κ1) is 13.9. The third-order valence-electron chi connectivity index (χ3n) is 2.42. The average Bonchev–Trinajstić information content (AvgIpc) is 2.73. The van der Waals surface area contributed by atoms with E-state index in [1.54, 1.807) is 17.8 Å². The molecule has 2 atom stereocenters. The quantitative estimate of drug-likeness (QED) is 0.568. The molecular formula is C9H14N5O4P. The third-order valence-corrected chi connectivity index (χ3v) is 2.78. The largest absolute Gasteiger partial charge is 0.382 e. The van der Waals surface area contributed by atoms with Crippen molar-refractivity contribution in [3.63, 3.8) is 0 Å². The molecule has 0 aliphatic carbocycles. The average molecular weight is 287 g/mol. The number of nitrogens with zero attached hydrogens (tertiary/aromatic N) is 4. The van der Waals surface area contributed by atoms with Crippen LogP contribution in [0.4, 0.5) is 5.82 Å². The summed E-state index contributed by atoms with van der Waals surface area (Å²) in [5.41, 5.74) is 6.82. The molecule has 3 N–H and O–H groups in total. The Morgan fingerprint density at radius 2 is 2.32 bits per heavy atom. The van der Waals surface area contributed by atoms with E-state index in [1.165, 1.54) is 6.33 Å². The molecule has 2 aromatic heterocycles. The van der Waals surface area contributed by atoms with E-state index < -0.39 is 8.25 Å². The maximum Gasteiger partial charge on any atom is 0.318 e. The summed E-state index contributed by atoms with van der Waals surface area (Å²) < 4.78 is 21.8. The zero-order chi connectivity index (χ0) is 13.8. The summed E-state index contributed by atoms with van der Waals surface area (Å²) in [5.74, 6) is 0.319. The van der Waals surface area contributed by atoms with Gasteiger partial charge in [0.15, 0.2) is 18.3 Å². The molecule has 1 unspecified atom stereocenters. The van der Waals surface area contributed by atoms with Crippen LogP contribution < -0.4 is 5.73 Å². The molecule has 2 heterocycles. The lowest BCUT2D eigenvalue weighted by atomic mass is 10.4. The van der Waals surface area contributed by atoms with Gasteiger partial charge in [-0.25, -0.2) is 15.0 Å². The van der Waals surface area contributed by atoms with Crippen LogP contribution >= 0.6 is 8.25 Å². The number of nitrogens with two attached hydrogens (primary N) is 1. The molecule has 0 saturated heterocycles. The molecule has 0 radical (unpaired) electrons. The Hall–Kier alpha value is -1.54. The summed E-state index contributed by atoms with van der Waals surface area (Å²) >= 11 is 0. The van der Waals surface area contributed by atoms with Crippen LogP contribution in [-0.4, -0.2) is 37.3 Å². The van der Waals surface area contributed by atoms with Crippen LogP contribution in [0, 0.1) is 0 Å². The van der Waals surface area contributed by atoms with Crippen LogP contribution in [0.5, 0.6) is 0 Å². The first-order chi connectivity index (χ1) is 9.08. The number of nitrogen functional groups attached to an aromatic ring is 1. The van der Waals surface area contributed by atoms with Gasteiger partial charge < -0.3 is 19.9 Å². The van der Waals surface area contributed by atoms with Crippen molar-refractivity contribution in [3.05, 3.63) is 12.7 Å². The minimum absolute atomic E-state index is 0.237. The molecule has 9 nitrogen and oxygen atoms in total. The molecule has 0 fully saturated rings. The van der Waals surface area contributed by atoms with Crippen molar-refractivity contribution in [2.24, 2.45) is 0 Å². The van der Waals surface area contributed by atoms with Crippen molar-refractivity contribution < 1.29 is 18.7 Å². The van der Waals surface area contributed by atoms with Crippen LogP contribution in [0.2, 0.25) is 0 Å². The van der Waals surface area contributed by atoms with E-state index in [2.05, 4.69) is 19.5 Å². The molecule has 0 aliphatic heterocycles. The van der Waals surface area contributed by atoms with Crippen molar-refractivity contribution >= 4 is 25.2 Å². The minimum atomic E-state index is -2.96. The standard InChI is InChI=1S/C9H14N5O4P/c1-6(17-5-18-19(15)16)2-14-4-13-7-8(10)11-3-12-9(7)14/h3-4,6,19H,2,5H2,1H3,(H,15,16)(H2,10,11,12)/t6-/m1/s1. The van der Waals surface area contributed by atoms with Gasteiger partial charge in [-0.3, -0.25) is 9.09 Å². The molecular weight excluding hydrogens is 273 g/mol. The molecule has 0 bridgehead atoms. The van der Waals surface area contributed by atoms with E-state index in [9.17, 15) is 4.57 Å². The lowest BCUT2D eigenvalue weighted by Gasteiger charge is -2.13. The summed E-state index contributed by atoms with van der Waals surface area (Å²) in [6.07, 6.45) is 2.71. The molecule has 0 amide bonds. The maximum absolute atomic E-state index is 10.3. The lowest BCUT2D eigenvalue weighted by molar-refractivity contribution is -0.0346. The number of hydrogen-bond donors (Lipinski definition) is 2. The van der Waals surface area contributed by atoms with Gasteiger partial charge in [0.25, 0.3) is 0 Å². The van der Waals surface area contributed by atoms with Crippen molar-refractivity contribution in [2.45, 2.75) is 19.6 Å². The predicted octanol–water partition coefficient (Wildman–Crippen LogP) is 0.170. The van der Waals surface area contributed by atoms with Crippen LogP contribution in [0.3, 0.4) is 0 Å². The second kappa shape index (κ2) is 6.07. The zero-order valence-corrected chi connectivity index (χ0v) is 11.2.